The first-order chi connectivity index (χ1) is 6.72. The van der Waals surface area contributed by atoms with Gasteiger partial charge in [0.25, 0.3) is 0 Å². The van der Waals surface area contributed by atoms with Crippen molar-refractivity contribution in [2.24, 2.45) is 5.73 Å². The van der Waals surface area contributed by atoms with Crippen LogP contribution in [0.3, 0.4) is 0 Å². The second-order valence-electron chi connectivity index (χ2n) is 3.60. The lowest BCUT2D eigenvalue weighted by Crippen LogP contribution is -2.31. The summed E-state index contributed by atoms with van der Waals surface area (Å²) in [7, 11) is 0. The average molecular weight is 201 g/mol. The SMILES string of the molecule is CCCCCCCOC(=O)[C@H](N)CC. The third-order valence-electron chi connectivity index (χ3n) is 2.23. The summed E-state index contributed by atoms with van der Waals surface area (Å²) in [4.78, 5) is 11.1. The van der Waals surface area contributed by atoms with E-state index in [2.05, 4.69) is 6.92 Å². The molecule has 0 rings (SSSR count). The van der Waals surface area contributed by atoms with Crippen molar-refractivity contribution < 1.29 is 9.53 Å². The van der Waals surface area contributed by atoms with Crippen molar-refractivity contribution in [2.45, 2.75) is 58.4 Å². The van der Waals surface area contributed by atoms with Gasteiger partial charge in [-0.1, -0.05) is 39.5 Å². The summed E-state index contributed by atoms with van der Waals surface area (Å²) >= 11 is 0. The van der Waals surface area contributed by atoms with Gasteiger partial charge in [-0.3, -0.25) is 4.79 Å². The second kappa shape index (κ2) is 9.00. The van der Waals surface area contributed by atoms with E-state index in [0.717, 1.165) is 12.8 Å². The van der Waals surface area contributed by atoms with Gasteiger partial charge < -0.3 is 10.5 Å². The van der Waals surface area contributed by atoms with Gasteiger partial charge in [-0.25, -0.2) is 0 Å². The van der Waals surface area contributed by atoms with Gasteiger partial charge in [0.1, 0.15) is 6.04 Å². The molecule has 0 radical (unpaired) electrons. The molecule has 3 heteroatoms. The lowest BCUT2D eigenvalue weighted by Gasteiger charge is -2.08. The summed E-state index contributed by atoms with van der Waals surface area (Å²) in [6.45, 7) is 4.59. The summed E-state index contributed by atoms with van der Waals surface area (Å²) < 4.78 is 5.01. The van der Waals surface area contributed by atoms with Crippen LogP contribution in [0, 0.1) is 0 Å². The molecule has 14 heavy (non-hydrogen) atoms. The van der Waals surface area contributed by atoms with Gasteiger partial charge in [-0.2, -0.15) is 0 Å². The van der Waals surface area contributed by atoms with Gasteiger partial charge in [0.05, 0.1) is 6.61 Å². The Hall–Kier alpha value is -0.570. The van der Waals surface area contributed by atoms with E-state index < -0.39 is 6.04 Å². The number of carbonyl (C=O) groups excluding carboxylic acids is 1. The molecule has 0 amide bonds. The zero-order valence-corrected chi connectivity index (χ0v) is 9.42. The monoisotopic (exact) mass is 201 g/mol. The van der Waals surface area contributed by atoms with E-state index in [1.165, 1.54) is 19.3 Å². The van der Waals surface area contributed by atoms with Gasteiger partial charge in [-0.15, -0.1) is 0 Å². The Morgan fingerprint density at radius 2 is 1.86 bits per heavy atom. The number of carbonyl (C=O) groups is 1. The Morgan fingerprint density at radius 3 is 2.43 bits per heavy atom. The molecule has 3 nitrogen and oxygen atoms in total. The molecule has 0 aliphatic heterocycles. The molecule has 1 atom stereocenters. The van der Waals surface area contributed by atoms with Crippen LogP contribution in [0.15, 0.2) is 0 Å². The lowest BCUT2D eigenvalue weighted by molar-refractivity contribution is -0.145. The number of hydrogen-bond acceptors (Lipinski definition) is 3. The normalized spacial score (nSPS) is 12.5. The van der Waals surface area contributed by atoms with Crippen LogP contribution in [0.25, 0.3) is 0 Å². The van der Waals surface area contributed by atoms with Crippen molar-refractivity contribution in [1.82, 2.24) is 0 Å². The second-order valence-corrected chi connectivity index (χ2v) is 3.60. The number of ether oxygens (including phenoxy) is 1. The average Bonchev–Trinajstić information content (AvgIpc) is 2.21. The number of esters is 1. The van der Waals surface area contributed by atoms with Crippen molar-refractivity contribution in [3.63, 3.8) is 0 Å². The predicted octanol–water partition coefficient (Wildman–Crippen LogP) is 2.24. The van der Waals surface area contributed by atoms with Crippen LogP contribution in [-0.2, 0) is 9.53 Å². The highest BCUT2D eigenvalue weighted by atomic mass is 16.5. The largest absolute Gasteiger partial charge is 0.465 e. The molecule has 0 aliphatic carbocycles. The van der Waals surface area contributed by atoms with Crippen LogP contribution >= 0.6 is 0 Å². The highest BCUT2D eigenvalue weighted by molar-refractivity contribution is 5.75. The van der Waals surface area contributed by atoms with Crippen LogP contribution in [-0.4, -0.2) is 18.6 Å². The first kappa shape index (κ1) is 13.4. The number of unbranched alkanes of at least 4 members (excludes halogenated alkanes) is 4. The zero-order chi connectivity index (χ0) is 10.8. The quantitative estimate of drug-likeness (QED) is 0.484. The minimum Gasteiger partial charge on any atom is -0.465 e. The first-order valence-electron chi connectivity index (χ1n) is 5.64. The van der Waals surface area contributed by atoms with Crippen LogP contribution in [0.1, 0.15) is 52.4 Å². The highest BCUT2D eigenvalue weighted by Gasteiger charge is 2.11. The van der Waals surface area contributed by atoms with Crippen LogP contribution in [0.4, 0.5) is 0 Å². The maximum Gasteiger partial charge on any atom is 0.322 e. The van der Waals surface area contributed by atoms with E-state index in [4.69, 9.17) is 10.5 Å². The maximum atomic E-state index is 11.1. The fraction of sp³-hybridized carbons (Fsp3) is 0.909. The third-order valence-corrected chi connectivity index (χ3v) is 2.23. The molecule has 2 N–H and O–H groups in total. The zero-order valence-electron chi connectivity index (χ0n) is 9.42. The molecule has 0 aliphatic rings. The van der Waals surface area contributed by atoms with E-state index in [1.807, 2.05) is 6.92 Å². The van der Waals surface area contributed by atoms with E-state index in [-0.39, 0.29) is 5.97 Å². The summed E-state index contributed by atoms with van der Waals surface area (Å²) in [5, 5.41) is 0. The fourth-order valence-electron chi connectivity index (χ4n) is 1.15. The van der Waals surface area contributed by atoms with Gasteiger partial charge in [0.2, 0.25) is 0 Å². The Labute approximate surface area is 87.0 Å². The van der Waals surface area contributed by atoms with Crippen LogP contribution < -0.4 is 5.73 Å². The maximum absolute atomic E-state index is 11.1. The van der Waals surface area contributed by atoms with Crippen molar-refractivity contribution in [3.05, 3.63) is 0 Å². The first-order valence-corrected chi connectivity index (χ1v) is 5.64. The van der Waals surface area contributed by atoms with Gasteiger partial charge in [-0.05, 0) is 12.8 Å². The van der Waals surface area contributed by atoms with E-state index in [9.17, 15) is 4.79 Å². The Bertz CT molecular complexity index is 148. The highest BCUT2D eigenvalue weighted by Crippen LogP contribution is 2.02. The van der Waals surface area contributed by atoms with Gasteiger partial charge >= 0.3 is 5.97 Å². The van der Waals surface area contributed by atoms with Crippen LogP contribution in [0.2, 0.25) is 0 Å². The van der Waals surface area contributed by atoms with Crippen molar-refractivity contribution in [3.8, 4) is 0 Å². The van der Waals surface area contributed by atoms with Gasteiger partial charge in [0.15, 0.2) is 0 Å². The molecule has 0 saturated carbocycles. The molecule has 0 unspecified atom stereocenters. The molecule has 0 aromatic rings. The molecule has 0 aromatic carbocycles. The molecule has 0 saturated heterocycles. The standard InChI is InChI=1S/C11H23NO2/c1-3-5-6-7-8-9-14-11(13)10(12)4-2/h10H,3-9,12H2,1-2H3/t10-/m1/s1. The lowest BCUT2D eigenvalue weighted by atomic mass is 10.2. The fourth-order valence-corrected chi connectivity index (χ4v) is 1.15. The van der Waals surface area contributed by atoms with Gasteiger partial charge in [0, 0.05) is 0 Å². The van der Waals surface area contributed by atoms with Crippen molar-refractivity contribution in [1.29, 1.82) is 0 Å². The smallest absolute Gasteiger partial charge is 0.322 e. The number of nitrogens with two attached hydrogens (primary N) is 1. The third kappa shape index (κ3) is 6.89. The predicted molar refractivity (Wildman–Crippen MR) is 58.0 cm³/mol. The molecule has 0 fully saturated rings. The molecular weight excluding hydrogens is 178 g/mol. The minimum absolute atomic E-state index is 0.261. The summed E-state index contributed by atoms with van der Waals surface area (Å²) in [6.07, 6.45) is 6.48. The Kier molecular flexibility index (Phi) is 8.64. The number of hydrogen-bond donors (Lipinski definition) is 1. The Morgan fingerprint density at radius 1 is 1.21 bits per heavy atom. The summed E-state index contributed by atoms with van der Waals surface area (Å²) in [5.41, 5.74) is 5.50. The topological polar surface area (TPSA) is 52.3 Å². The minimum atomic E-state index is -0.439. The van der Waals surface area contributed by atoms with Crippen molar-refractivity contribution >= 4 is 5.97 Å². The van der Waals surface area contributed by atoms with Crippen molar-refractivity contribution in [2.75, 3.05) is 6.61 Å². The van der Waals surface area contributed by atoms with E-state index in [0.29, 0.717) is 13.0 Å². The molecule has 0 spiro atoms. The molecule has 84 valence electrons. The van der Waals surface area contributed by atoms with Crippen LogP contribution in [0.5, 0.6) is 0 Å². The Balaban J connectivity index is 3.23. The molecule has 0 aromatic heterocycles. The van der Waals surface area contributed by atoms with E-state index in [1.54, 1.807) is 0 Å². The summed E-state index contributed by atoms with van der Waals surface area (Å²) in [6, 6.07) is -0.439. The molecular formula is C11H23NO2. The number of rotatable bonds is 8. The van der Waals surface area contributed by atoms with E-state index >= 15 is 0 Å². The molecule has 0 bridgehead atoms. The molecule has 0 heterocycles. The summed E-state index contributed by atoms with van der Waals surface area (Å²) in [5.74, 6) is -0.261.